The Kier molecular flexibility index (Phi) is 7.60. The van der Waals surface area contributed by atoms with Crippen LogP contribution in [0.15, 0.2) is 27.6 Å². The number of rotatable bonds is 7. The average Bonchev–Trinajstić information content (AvgIpc) is 2.58. The van der Waals surface area contributed by atoms with Crippen molar-refractivity contribution in [3.63, 3.8) is 0 Å². The smallest absolute Gasteiger partial charge is 0.252 e. The Labute approximate surface area is 163 Å². The summed E-state index contributed by atoms with van der Waals surface area (Å²) < 4.78 is 29.0. The second kappa shape index (κ2) is 9.27. The Bertz CT molecular complexity index is 734. The molecule has 1 aromatic rings. The van der Waals surface area contributed by atoms with Crippen molar-refractivity contribution in [1.29, 1.82) is 0 Å². The number of nitrogens with one attached hydrogen (secondary N) is 1. The molecule has 1 saturated heterocycles. The van der Waals surface area contributed by atoms with Gasteiger partial charge in [0.05, 0.1) is 23.7 Å². The third-order valence-corrected chi connectivity index (χ3v) is 5.92. The fourth-order valence-corrected chi connectivity index (χ4v) is 3.98. The molecule has 1 atom stereocenters. The molecular weight excluding hydrogens is 422 g/mol. The number of benzene rings is 1. The molecule has 146 valence electrons. The number of nitrogens with zero attached hydrogens (tertiary/aromatic N) is 1. The zero-order valence-electron chi connectivity index (χ0n) is 15.1. The van der Waals surface area contributed by atoms with Crippen LogP contribution in [0.4, 0.5) is 0 Å². The molecular formula is C17H26BrN3O4S. The zero-order chi connectivity index (χ0) is 19.3. The first-order valence-electron chi connectivity index (χ1n) is 8.61. The topological polar surface area (TPSA) is 102 Å². The van der Waals surface area contributed by atoms with Gasteiger partial charge in [0.2, 0.25) is 10.0 Å². The summed E-state index contributed by atoms with van der Waals surface area (Å²) in [5.74, 6) is 0.168. The molecule has 9 heteroatoms. The SMILES string of the molecule is CC(C)C[C@H](CNC(=O)c1cc(S(N)(=O)=O)ccc1Br)N1CCOCC1. The van der Waals surface area contributed by atoms with Gasteiger partial charge in [-0.05, 0) is 46.5 Å². The summed E-state index contributed by atoms with van der Waals surface area (Å²) in [6.07, 6.45) is 0.957. The lowest BCUT2D eigenvalue weighted by Gasteiger charge is -2.35. The van der Waals surface area contributed by atoms with Crippen LogP contribution in [0.25, 0.3) is 0 Å². The van der Waals surface area contributed by atoms with Gasteiger partial charge in [0.1, 0.15) is 0 Å². The van der Waals surface area contributed by atoms with Crippen molar-refractivity contribution in [2.45, 2.75) is 31.2 Å². The molecule has 2 rings (SSSR count). The first-order valence-corrected chi connectivity index (χ1v) is 10.9. The summed E-state index contributed by atoms with van der Waals surface area (Å²) in [7, 11) is -3.86. The van der Waals surface area contributed by atoms with E-state index in [0.717, 1.165) is 19.5 Å². The normalized spacial score (nSPS) is 17.3. The lowest BCUT2D eigenvalue weighted by Crippen LogP contribution is -2.49. The van der Waals surface area contributed by atoms with Crippen molar-refractivity contribution in [2.24, 2.45) is 11.1 Å². The van der Waals surface area contributed by atoms with Crippen LogP contribution in [0, 0.1) is 5.92 Å². The van der Waals surface area contributed by atoms with Crippen LogP contribution in [0.1, 0.15) is 30.6 Å². The molecule has 1 heterocycles. The van der Waals surface area contributed by atoms with Crippen molar-refractivity contribution in [3.8, 4) is 0 Å². The first kappa shape index (κ1) is 21.3. The van der Waals surface area contributed by atoms with Crippen molar-refractivity contribution in [1.82, 2.24) is 10.2 Å². The highest BCUT2D eigenvalue weighted by Gasteiger charge is 2.23. The van der Waals surface area contributed by atoms with E-state index in [1.807, 2.05) is 0 Å². The number of carbonyl (C=O) groups is 1. The van der Waals surface area contributed by atoms with Gasteiger partial charge in [-0.1, -0.05) is 13.8 Å². The van der Waals surface area contributed by atoms with Crippen LogP contribution in [0.3, 0.4) is 0 Å². The number of hydrogen-bond acceptors (Lipinski definition) is 5. The van der Waals surface area contributed by atoms with E-state index in [-0.39, 0.29) is 22.4 Å². The molecule has 1 aromatic carbocycles. The predicted molar refractivity (Wildman–Crippen MR) is 103 cm³/mol. The molecule has 3 N–H and O–H groups in total. The van der Waals surface area contributed by atoms with Gasteiger partial charge in [0.15, 0.2) is 0 Å². The molecule has 1 aliphatic rings. The number of nitrogens with two attached hydrogens (primary N) is 1. The highest BCUT2D eigenvalue weighted by atomic mass is 79.9. The molecule has 0 saturated carbocycles. The number of hydrogen-bond donors (Lipinski definition) is 2. The van der Waals surface area contributed by atoms with E-state index < -0.39 is 10.0 Å². The Balaban J connectivity index is 2.09. The van der Waals surface area contributed by atoms with Gasteiger partial charge in [-0.15, -0.1) is 0 Å². The lowest BCUT2D eigenvalue weighted by molar-refractivity contribution is 0.0124. The Hall–Kier alpha value is -1.00. The predicted octanol–water partition coefficient (Wildman–Crippen LogP) is 1.57. The van der Waals surface area contributed by atoms with Gasteiger partial charge in [-0.2, -0.15) is 0 Å². The van der Waals surface area contributed by atoms with E-state index in [4.69, 9.17) is 9.88 Å². The summed E-state index contributed by atoms with van der Waals surface area (Å²) >= 11 is 3.30. The van der Waals surface area contributed by atoms with E-state index >= 15 is 0 Å². The largest absolute Gasteiger partial charge is 0.379 e. The van der Waals surface area contributed by atoms with E-state index in [1.165, 1.54) is 18.2 Å². The molecule has 0 bridgehead atoms. The maximum absolute atomic E-state index is 12.6. The Morgan fingerprint density at radius 1 is 1.35 bits per heavy atom. The molecule has 1 amide bonds. The van der Waals surface area contributed by atoms with E-state index in [9.17, 15) is 13.2 Å². The lowest BCUT2D eigenvalue weighted by atomic mass is 10.0. The number of halogens is 1. The quantitative estimate of drug-likeness (QED) is 0.660. The maximum atomic E-state index is 12.6. The minimum Gasteiger partial charge on any atom is -0.379 e. The first-order chi connectivity index (χ1) is 12.2. The Morgan fingerprint density at radius 2 is 2.00 bits per heavy atom. The molecule has 0 aliphatic carbocycles. The molecule has 0 unspecified atom stereocenters. The molecule has 0 radical (unpaired) electrons. The number of primary sulfonamides is 1. The second-order valence-corrected chi connectivity index (χ2v) is 9.24. The number of carbonyl (C=O) groups excluding carboxylic acids is 1. The number of sulfonamides is 1. The van der Waals surface area contributed by atoms with Crippen molar-refractivity contribution >= 4 is 31.9 Å². The summed E-state index contributed by atoms with van der Waals surface area (Å²) in [6.45, 7) is 7.89. The Morgan fingerprint density at radius 3 is 2.58 bits per heavy atom. The van der Waals surface area contributed by atoms with Crippen molar-refractivity contribution in [2.75, 3.05) is 32.8 Å². The van der Waals surface area contributed by atoms with Crippen LogP contribution < -0.4 is 10.5 Å². The minimum absolute atomic E-state index is 0.0854. The third kappa shape index (κ3) is 6.02. The van der Waals surface area contributed by atoms with E-state index in [2.05, 4.69) is 40.0 Å². The van der Waals surface area contributed by atoms with E-state index in [0.29, 0.717) is 30.1 Å². The molecule has 1 fully saturated rings. The fourth-order valence-electron chi connectivity index (χ4n) is 3.01. The van der Waals surface area contributed by atoms with Gasteiger partial charge in [0, 0.05) is 30.1 Å². The van der Waals surface area contributed by atoms with E-state index in [1.54, 1.807) is 0 Å². The van der Waals surface area contributed by atoms with Gasteiger partial charge in [-0.25, -0.2) is 13.6 Å². The highest BCUT2D eigenvalue weighted by Crippen LogP contribution is 2.21. The van der Waals surface area contributed by atoms with Gasteiger partial charge in [-0.3, -0.25) is 9.69 Å². The monoisotopic (exact) mass is 447 g/mol. The second-order valence-electron chi connectivity index (χ2n) is 6.83. The zero-order valence-corrected chi connectivity index (χ0v) is 17.5. The van der Waals surface area contributed by atoms with Gasteiger partial charge >= 0.3 is 0 Å². The van der Waals surface area contributed by atoms with Crippen LogP contribution in [-0.4, -0.2) is 58.1 Å². The fraction of sp³-hybridized carbons (Fsp3) is 0.588. The highest BCUT2D eigenvalue weighted by molar-refractivity contribution is 9.10. The number of morpholine rings is 1. The summed E-state index contributed by atoms with van der Waals surface area (Å²) in [5.41, 5.74) is 0.252. The number of ether oxygens (including phenoxy) is 1. The molecule has 0 aromatic heterocycles. The van der Waals surface area contributed by atoms with Gasteiger partial charge in [0.25, 0.3) is 5.91 Å². The molecule has 26 heavy (non-hydrogen) atoms. The minimum atomic E-state index is -3.86. The summed E-state index contributed by atoms with van der Waals surface area (Å²) in [5, 5.41) is 8.09. The van der Waals surface area contributed by atoms with Crippen molar-refractivity contribution < 1.29 is 17.9 Å². The van der Waals surface area contributed by atoms with Crippen molar-refractivity contribution in [3.05, 3.63) is 28.2 Å². The average molecular weight is 448 g/mol. The maximum Gasteiger partial charge on any atom is 0.252 e. The van der Waals surface area contributed by atoms with Crippen LogP contribution in [0.2, 0.25) is 0 Å². The van der Waals surface area contributed by atoms with Crippen LogP contribution in [-0.2, 0) is 14.8 Å². The summed E-state index contributed by atoms with van der Waals surface area (Å²) in [6, 6.07) is 4.39. The number of amides is 1. The summed E-state index contributed by atoms with van der Waals surface area (Å²) in [4.78, 5) is 14.8. The van der Waals surface area contributed by atoms with Crippen LogP contribution >= 0.6 is 15.9 Å². The standard InChI is InChI=1S/C17H26BrN3O4S/c1-12(2)9-13(21-5-7-25-8-6-21)11-20-17(22)15-10-14(26(19,23)24)3-4-16(15)18/h3-4,10,12-13H,5-9,11H2,1-2H3,(H,20,22)(H2,19,23,24)/t13-/m1/s1. The molecule has 0 spiro atoms. The molecule has 7 nitrogen and oxygen atoms in total. The molecule has 1 aliphatic heterocycles. The van der Waals surface area contributed by atoms with Gasteiger partial charge < -0.3 is 10.1 Å². The van der Waals surface area contributed by atoms with Crippen LogP contribution in [0.5, 0.6) is 0 Å². The third-order valence-electron chi connectivity index (χ3n) is 4.31.